The highest BCUT2D eigenvalue weighted by Gasteiger charge is 2.22. The summed E-state index contributed by atoms with van der Waals surface area (Å²) in [5.74, 6) is 0.994. The number of benzene rings is 1. The number of anilines is 1. The number of aliphatic hydroxyl groups excluding tert-OH is 1. The molecule has 0 saturated carbocycles. The lowest BCUT2D eigenvalue weighted by atomic mass is 10.3. The molecule has 1 aromatic carbocycles. The molecule has 3 aromatic rings. The van der Waals surface area contributed by atoms with Crippen LogP contribution in [0.1, 0.15) is 20.3 Å². The highest BCUT2D eigenvalue weighted by atomic mass is 35.5. The lowest BCUT2D eigenvalue weighted by Crippen LogP contribution is -2.38. The summed E-state index contributed by atoms with van der Waals surface area (Å²) in [6.07, 6.45) is -0.0833. The molecular weight excluding hydrogens is 410 g/mol. The zero-order valence-electron chi connectivity index (χ0n) is 17.4. The van der Waals surface area contributed by atoms with Gasteiger partial charge in [-0.05, 0) is 37.6 Å². The van der Waals surface area contributed by atoms with Crippen LogP contribution in [0.15, 0.2) is 33.9 Å². The zero-order chi connectivity index (χ0) is 22.0. The molecular formula is C20H26ClN5O4. The first-order chi connectivity index (χ1) is 14.2. The van der Waals surface area contributed by atoms with Crippen LogP contribution in [0.4, 0.5) is 5.95 Å². The number of imidazole rings is 1. The van der Waals surface area contributed by atoms with Crippen molar-refractivity contribution in [3.8, 4) is 5.75 Å². The van der Waals surface area contributed by atoms with E-state index in [1.165, 1.54) is 11.6 Å². The summed E-state index contributed by atoms with van der Waals surface area (Å²) < 4.78 is 9.59. The number of fused-ring (bicyclic) bond motifs is 1. The summed E-state index contributed by atoms with van der Waals surface area (Å²) in [5.41, 5.74) is -0.418. The molecule has 0 unspecified atom stereocenters. The molecule has 10 heteroatoms. The summed E-state index contributed by atoms with van der Waals surface area (Å²) in [6, 6.07) is 6.91. The number of ether oxygens (including phenoxy) is 1. The fraction of sp³-hybridized carbons (Fsp3) is 0.450. The van der Waals surface area contributed by atoms with Crippen LogP contribution in [-0.2, 0) is 20.6 Å². The Morgan fingerprint density at radius 1 is 1.20 bits per heavy atom. The standard InChI is InChI=1S/C20H26ClN5O4/c1-5-12(2)22-19-23-17-16(18(28)25(4)20(29)24(17)3)26(19)10-14(27)11-30-15-8-6-13(21)7-9-15/h6-9,12,14,27H,5,10-11H2,1-4H3,(H,22,23)/t12-,14+/m0/s1. The highest BCUT2D eigenvalue weighted by molar-refractivity contribution is 6.30. The number of aromatic nitrogens is 4. The average Bonchev–Trinajstić information content (AvgIpc) is 3.08. The Hall–Kier alpha value is -2.78. The van der Waals surface area contributed by atoms with E-state index in [1.54, 1.807) is 35.9 Å². The molecule has 0 radical (unpaired) electrons. The fourth-order valence-corrected chi connectivity index (χ4v) is 3.17. The fourth-order valence-electron chi connectivity index (χ4n) is 3.04. The molecule has 0 spiro atoms. The van der Waals surface area contributed by atoms with Crippen LogP contribution in [0, 0.1) is 0 Å². The molecule has 2 atom stereocenters. The largest absolute Gasteiger partial charge is 0.491 e. The first-order valence-corrected chi connectivity index (χ1v) is 10.1. The molecule has 0 fully saturated rings. The molecule has 2 N–H and O–H groups in total. The van der Waals surface area contributed by atoms with Gasteiger partial charge in [0.15, 0.2) is 11.2 Å². The van der Waals surface area contributed by atoms with Crippen LogP contribution in [0.3, 0.4) is 0 Å². The smallest absolute Gasteiger partial charge is 0.332 e. The van der Waals surface area contributed by atoms with Gasteiger partial charge in [-0.1, -0.05) is 18.5 Å². The quantitative estimate of drug-likeness (QED) is 0.558. The van der Waals surface area contributed by atoms with E-state index >= 15 is 0 Å². The van der Waals surface area contributed by atoms with E-state index in [4.69, 9.17) is 16.3 Å². The van der Waals surface area contributed by atoms with Crippen molar-refractivity contribution in [2.45, 2.75) is 39.0 Å². The molecule has 0 aliphatic heterocycles. The molecule has 0 aliphatic rings. The van der Waals surface area contributed by atoms with E-state index < -0.39 is 17.4 Å². The minimum atomic E-state index is -0.919. The molecule has 0 amide bonds. The number of aryl methyl sites for hydroxylation is 1. The van der Waals surface area contributed by atoms with Crippen molar-refractivity contribution in [2.75, 3.05) is 11.9 Å². The van der Waals surface area contributed by atoms with Gasteiger partial charge in [-0.25, -0.2) is 4.79 Å². The predicted octanol–water partition coefficient (Wildman–Crippen LogP) is 1.74. The second-order valence-electron chi connectivity index (χ2n) is 7.30. The molecule has 162 valence electrons. The Bertz CT molecular complexity index is 1150. The minimum absolute atomic E-state index is 0.0101. The molecule has 3 rings (SSSR count). The maximum atomic E-state index is 12.8. The number of hydrogen-bond donors (Lipinski definition) is 2. The van der Waals surface area contributed by atoms with Crippen molar-refractivity contribution in [3.05, 3.63) is 50.1 Å². The maximum absolute atomic E-state index is 12.8. The summed E-state index contributed by atoms with van der Waals surface area (Å²) >= 11 is 5.87. The third kappa shape index (κ3) is 4.36. The first kappa shape index (κ1) is 21.9. The predicted molar refractivity (Wildman–Crippen MR) is 117 cm³/mol. The van der Waals surface area contributed by atoms with Crippen molar-refractivity contribution < 1.29 is 9.84 Å². The van der Waals surface area contributed by atoms with Gasteiger partial charge in [0.1, 0.15) is 18.5 Å². The van der Waals surface area contributed by atoms with Crippen LogP contribution in [0.2, 0.25) is 5.02 Å². The van der Waals surface area contributed by atoms with Gasteiger partial charge in [-0.2, -0.15) is 4.98 Å². The van der Waals surface area contributed by atoms with E-state index in [0.717, 1.165) is 11.0 Å². The van der Waals surface area contributed by atoms with Gasteiger partial charge >= 0.3 is 5.69 Å². The number of nitrogens with one attached hydrogen (secondary N) is 1. The second-order valence-corrected chi connectivity index (χ2v) is 7.73. The van der Waals surface area contributed by atoms with Crippen LogP contribution in [0.25, 0.3) is 11.2 Å². The van der Waals surface area contributed by atoms with Gasteiger partial charge in [0, 0.05) is 25.2 Å². The van der Waals surface area contributed by atoms with Gasteiger partial charge in [0.05, 0.1) is 6.54 Å². The molecule has 9 nitrogen and oxygen atoms in total. The van der Waals surface area contributed by atoms with Gasteiger partial charge in [0.2, 0.25) is 5.95 Å². The molecule has 30 heavy (non-hydrogen) atoms. The highest BCUT2D eigenvalue weighted by Crippen LogP contribution is 2.19. The van der Waals surface area contributed by atoms with Crippen LogP contribution < -0.4 is 21.3 Å². The maximum Gasteiger partial charge on any atom is 0.332 e. The van der Waals surface area contributed by atoms with E-state index in [2.05, 4.69) is 10.3 Å². The number of nitrogens with zero attached hydrogens (tertiary/aromatic N) is 4. The van der Waals surface area contributed by atoms with Crippen LogP contribution >= 0.6 is 11.6 Å². The van der Waals surface area contributed by atoms with E-state index in [-0.39, 0.29) is 30.4 Å². The number of aliphatic hydroxyl groups is 1. The van der Waals surface area contributed by atoms with E-state index in [9.17, 15) is 14.7 Å². The summed E-state index contributed by atoms with van der Waals surface area (Å²) in [4.78, 5) is 29.6. The zero-order valence-corrected chi connectivity index (χ0v) is 18.2. The topological polar surface area (TPSA) is 103 Å². The summed E-state index contributed by atoms with van der Waals surface area (Å²) in [7, 11) is 2.98. The van der Waals surface area contributed by atoms with Crippen molar-refractivity contribution in [1.82, 2.24) is 18.7 Å². The Balaban J connectivity index is 1.95. The van der Waals surface area contributed by atoms with Crippen LogP contribution in [0.5, 0.6) is 5.75 Å². The third-order valence-corrected chi connectivity index (χ3v) is 5.24. The van der Waals surface area contributed by atoms with Crippen molar-refractivity contribution >= 4 is 28.7 Å². The SMILES string of the molecule is CC[C@H](C)Nc1nc2c(c(=O)n(C)c(=O)n2C)n1C[C@@H](O)COc1ccc(Cl)cc1. The van der Waals surface area contributed by atoms with Gasteiger partial charge in [-0.15, -0.1) is 0 Å². The minimum Gasteiger partial charge on any atom is -0.491 e. The van der Waals surface area contributed by atoms with Crippen molar-refractivity contribution in [3.63, 3.8) is 0 Å². The summed E-state index contributed by atoms with van der Waals surface area (Å²) in [6.45, 7) is 4.08. The molecule has 2 heterocycles. The number of rotatable bonds is 8. The lowest BCUT2D eigenvalue weighted by Gasteiger charge is -2.18. The Kier molecular flexibility index (Phi) is 6.52. The average molecular weight is 436 g/mol. The normalized spacial score (nSPS) is 13.4. The van der Waals surface area contributed by atoms with Gasteiger partial charge in [0.25, 0.3) is 5.56 Å². The van der Waals surface area contributed by atoms with Crippen LogP contribution in [-0.4, -0.2) is 42.5 Å². The first-order valence-electron chi connectivity index (χ1n) is 9.72. The molecule has 0 aliphatic carbocycles. The summed E-state index contributed by atoms with van der Waals surface area (Å²) in [5, 5.41) is 14.4. The Morgan fingerprint density at radius 3 is 2.50 bits per heavy atom. The Labute approximate surface area is 178 Å². The van der Waals surface area contributed by atoms with E-state index in [0.29, 0.717) is 16.7 Å². The number of halogens is 1. The monoisotopic (exact) mass is 435 g/mol. The number of hydrogen-bond acceptors (Lipinski definition) is 6. The van der Waals surface area contributed by atoms with E-state index in [1.807, 2.05) is 13.8 Å². The second kappa shape index (κ2) is 8.93. The lowest BCUT2D eigenvalue weighted by molar-refractivity contribution is 0.0938. The molecule has 0 bridgehead atoms. The Morgan fingerprint density at radius 2 is 1.87 bits per heavy atom. The van der Waals surface area contributed by atoms with Gasteiger partial charge in [-0.3, -0.25) is 13.9 Å². The molecule has 0 saturated heterocycles. The van der Waals surface area contributed by atoms with Crippen molar-refractivity contribution in [2.24, 2.45) is 14.1 Å². The third-order valence-electron chi connectivity index (χ3n) is 4.99. The van der Waals surface area contributed by atoms with Crippen molar-refractivity contribution in [1.29, 1.82) is 0 Å². The molecule has 2 aromatic heterocycles. The van der Waals surface area contributed by atoms with Gasteiger partial charge < -0.3 is 19.7 Å².